The van der Waals surface area contributed by atoms with Crippen molar-refractivity contribution in [1.82, 2.24) is 15.0 Å². The average Bonchev–Trinajstić information content (AvgIpc) is 3.49. The third-order valence-electron chi connectivity index (χ3n) is 7.84. The zero-order valence-corrected chi connectivity index (χ0v) is 31.4. The third kappa shape index (κ3) is 7.55. The number of rotatable bonds is 5. The van der Waals surface area contributed by atoms with E-state index >= 15 is 0 Å². The second-order valence-corrected chi connectivity index (χ2v) is 18.6. The first-order chi connectivity index (χ1) is 25.2. The van der Waals surface area contributed by atoms with Crippen LogP contribution in [0.2, 0.25) is 19.6 Å². The minimum Gasteiger partial charge on any atom is -0.305 e. The van der Waals surface area contributed by atoms with Gasteiger partial charge >= 0.3 is 0 Å². The molecule has 4 heterocycles. The van der Waals surface area contributed by atoms with E-state index in [2.05, 4.69) is 46.7 Å². The topological polar surface area (TPSA) is 38.7 Å². The molecule has 0 unspecified atom stereocenters. The van der Waals surface area contributed by atoms with Crippen LogP contribution in [0.25, 0.3) is 53.9 Å². The van der Waals surface area contributed by atoms with Crippen molar-refractivity contribution in [2.45, 2.75) is 53.1 Å². The molecule has 0 aliphatic heterocycles. The number of fused-ring (bicyclic) bond motifs is 3. The normalized spacial score (nSPS) is 14.2. The minimum absolute atomic E-state index is 0. The van der Waals surface area contributed by atoms with Crippen molar-refractivity contribution in [2.75, 3.05) is 0 Å². The molecule has 0 saturated carbocycles. The first-order valence-corrected chi connectivity index (χ1v) is 19.5. The van der Waals surface area contributed by atoms with Crippen molar-refractivity contribution in [1.29, 1.82) is 0 Å². The number of hydrogen-bond acceptors (Lipinski definition) is 4. The Hall–Kier alpha value is -3.87. The molecule has 3 nitrogen and oxygen atoms in total. The molecule has 4 aromatic heterocycles. The molecule has 0 bridgehead atoms. The van der Waals surface area contributed by atoms with E-state index in [0.29, 0.717) is 16.1 Å². The van der Waals surface area contributed by atoms with Crippen LogP contribution in [-0.2, 0) is 20.1 Å². The summed E-state index contributed by atoms with van der Waals surface area (Å²) in [5.41, 5.74) is 5.44. The molecule has 0 amide bonds. The molecule has 48 heavy (non-hydrogen) atoms. The van der Waals surface area contributed by atoms with Gasteiger partial charge in [0.05, 0.1) is 8.07 Å². The zero-order chi connectivity index (χ0) is 39.2. The van der Waals surface area contributed by atoms with Gasteiger partial charge in [0.15, 0.2) is 0 Å². The molecule has 3 aromatic carbocycles. The number of aryl methyl sites for hydroxylation is 2. The molecule has 0 aliphatic carbocycles. The van der Waals surface area contributed by atoms with Gasteiger partial charge in [-0.2, -0.15) is 11.3 Å². The molecule has 0 spiro atoms. The molecule has 0 fully saturated rings. The fraction of sp³-hybridized carbons (Fsp3) is 0.195. The van der Waals surface area contributed by atoms with Crippen molar-refractivity contribution in [3.63, 3.8) is 0 Å². The zero-order valence-electron chi connectivity index (χ0n) is 34.2. The van der Waals surface area contributed by atoms with Crippen molar-refractivity contribution >= 4 is 44.9 Å². The van der Waals surface area contributed by atoms with E-state index in [1.807, 2.05) is 62.5 Å². The maximum absolute atomic E-state index is 13.0. The summed E-state index contributed by atoms with van der Waals surface area (Å²) >= 11 is 1.38. The summed E-state index contributed by atoms with van der Waals surface area (Å²) < 4.78 is 69.1. The summed E-state index contributed by atoms with van der Waals surface area (Å²) in [5, 5.41) is 2.99. The molecular weight excluding hydrogens is 806 g/mol. The fourth-order valence-electron chi connectivity index (χ4n) is 5.44. The number of hydrogen-bond donors (Lipinski definition) is 0. The summed E-state index contributed by atoms with van der Waals surface area (Å²) in [5.74, 6) is -0.994. The van der Waals surface area contributed by atoms with Gasteiger partial charge in [0, 0.05) is 53.6 Å². The Morgan fingerprint density at radius 1 is 0.875 bits per heavy atom. The van der Waals surface area contributed by atoms with Crippen molar-refractivity contribution in [3.8, 4) is 33.6 Å². The van der Waals surface area contributed by atoms with Gasteiger partial charge < -0.3 is 9.97 Å². The predicted octanol–water partition coefficient (Wildman–Crippen LogP) is 10.9. The predicted molar refractivity (Wildman–Crippen MR) is 200 cm³/mol. The van der Waals surface area contributed by atoms with E-state index in [4.69, 9.17) is 9.60 Å². The number of halogens is 1. The quantitative estimate of drug-likeness (QED) is 0.128. The van der Waals surface area contributed by atoms with Gasteiger partial charge in [-0.1, -0.05) is 93.0 Å². The number of thiophene rings is 1. The second kappa shape index (κ2) is 14.7. The maximum atomic E-state index is 13.0. The van der Waals surface area contributed by atoms with E-state index < -0.39 is 27.7 Å². The standard InChI is InChI=1S/C24H17N2S.C17H21FNSi.Ir/c1-15-14-25-22(13-21(15)17-7-4-3-5-8-17)20-10-6-9-18-19-12-11-16(2)26-24(19)27-23(18)20;1-12(2)15-10-16(13-6-8-14(18)9-7-13)19-11-17(15)20(3,4)5;/h3-9,11-14H,1-2H3;6,8-12H,1-5H3;/q2*-1;/i1D3,2D3;12D;. The van der Waals surface area contributed by atoms with Gasteiger partial charge in [-0.05, 0) is 69.0 Å². The number of aromatic nitrogens is 3. The Balaban J connectivity index is 0.000000229. The molecule has 0 atom stereocenters. The van der Waals surface area contributed by atoms with Gasteiger partial charge in [-0.15, -0.1) is 53.6 Å². The maximum Gasteiger partial charge on any atom is 0.113 e. The largest absolute Gasteiger partial charge is 0.305 e. The van der Waals surface area contributed by atoms with Crippen molar-refractivity contribution < 1.29 is 34.1 Å². The SMILES string of the molecule is [2H]C(C)(C)c1cc(-c2[c-]cc(F)cc2)ncc1[Si](C)(C)C.[2H]C([2H])([2H])c1ccc2c(n1)sc1c(-c3cc(-c4ccccc4)c(C([2H])([2H])[2H])cn3)[c-]ccc12.[Ir]. The number of benzene rings is 3. The van der Waals surface area contributed by atoms with Crippen LogP contribution in [0.3, 0.4) is 0 Å². The van der Waals surface area contributed by atoms with Gasteiger partial charge in [0.2, 0.25) is 0 Å². The van der Waals surface area contributed by atoms with Crippen LogP contribution in [0.15, 0.2) is 97.3 Å². The van der Waals surface area contributed by atoms with Crippen LogP contribution in [0.4, 0.5) is 4.39 Å². The number of nitrogens with zero attached hydrogens (tertiary/aromatic N) is 3. The smallest absolute Gasteiger partial charge is 0.113 e. The Labute approximate surface area is 311 Å². The van der Waals surface area contributed by atoms with E-state index in [-0.39, 0.29) is 37.2 Å². The molecule has 0 aliphatic rings. The number of pyridine rings is 3. The van der Waals surface area contributed by atoms with Crippen LogP contribution in [-0.4, -0.2) is 23.0 Å². The molecular formula is C41H38FIrN3SSi-2. The Morgan fingerprint density at radius 2 is 1.67 bits per heavy atom. The minimum atomic E-state index is -2.31. The Bertz CT molecular complexity index is 2460. The molecule has 0 saturated heterocycles. The molecule has 7 rings (SSSR count). The van der Waals surface area contributed by atoms with Crippen LogP contribution < -0.4 is 5.19 Å². The average molecular weight is 851 g/mol. The first kappa shape index (κ1) is 27.0. The molecule has 1 radical (unpaired) electrons. The molecule has 0 N–H and O–H groups in total. The Morgan fingerprint density at radius 3 is 2.35 bits per heavy atom. The van der Waals surface area contributed by atoms with Gasteiger partial charge in [0.1, 0.15) is 4.83 Å². The summed E-state index contributed by atoms with van der Waals surface area (Å²) in [4.78, 5) is 14.0. The van der Waals surface area contributed by atoms with Crippen LogP contribution in [0.5, 0.6) is 0 Å². The monoisotopic (exact) mass is 851 g/mol. The van der Waals surface area contributed by atoms with Gasteiger partial charge in [0.25, 0.3) is 0 Å². The van der Waals surface area contributed by atoms with Crippen LogP contribution in [0, 0.1) is 31.7 Å². The summed E-state index contributed by atoms with van der Waals surface area (Å²) in [7, 11) is -1.57. The van der Waals surface area contributed by atoms with E-state index in [0.717, 1.165) is 43.4 Å². The summed E-state index contributed by atoms with van der Waals surface area (Å²) in [6, 6.07) is 30.7. The third-order valence-corrected chi connectivity index (χ3v) is 11.0. The van der Waals surface area contributed by atoms with E-state index in [1.165, 1.54) is 40.9 Å². The fourth-order valence-corrected chi connectivity index (χ4v) is 8.20. The Kier molecular flexibility index (Phi) is 8.28. The van der Waals surface area contributed by atoms with E-state index in [9.17, 15) is 4.39 Å². The van der Waals surface area contributed by atoms with Crippen molar-refractivity contribution in [2.24, 2.45) is 0 Å². The first-order valence-electron chi connectivity index (χ1n) is 18.7. The van der Waals surface area contributed by atoms with Gasteiger partial charge in [-0.3, -0.25) is 4.39 Å². The molecule has 7 aromatic rings. The van der Waals surface area contributed by atoms with Crippen molar-refractivity contribution in [3.05, 3.63) is 132 Å². The summed E-state index contributed by atoms with van der Waals surface area (Å²) in [6.07, 6.45) is 3.31. The molecule has 245 valence electrons. The van der Waals surface area contributed by atoms with Crippen LogP contribution in [0.1, 0.15) is 46.2 Å². The summed E-state index contributed by atoms with van der Waals surface area (Å²) in [6.45, 7) is 5.96. The van der Waals surface area contributed by atoms with Crippen LogP contribution >= 0.6 is 11.3 Å². The van der Waals surface area contributed by atoms with Gasteiger partial charge in [-0.25, -0.2) is 4.98 Å². The second-order valence-electron chi connectivity index (χ2n) is 12.5. The van der Waals surface area contributed by atoms with E-state index in [1.54, 1.807) is 24.3 Å². The molecule has 7 heteroatoms.